The normalized spacial score (nSPS) is 10.5. The Bertz CT molecular complexity index is 1080. The van der Waals surface area contributed by atoms with Crippen LogP contribution in [0.15, 0.2) is 72.8 Å². The van der Waals surface area contributed by atoms with Crippen LogP contribution < -0.4 is 0 Å². The molecule has 3 aromatic carbocycles. The number of fused-ring (bicyclic) bond motifs is 1. The lowest BCUT2D eigenvalue weighted by Gasteiger charge is -2.12. The molecule has 1 N–H and O–H groups in total. The number of aromatic nitrogens is 1. The standard InChI is InChI=1S/C21H13Cl2NO.ClH/c22-14-7-10-20-18(11-14)17(16-3-1-2-4-19(16)23)12-21(24-20)13-5-8-15(25)9-6-13;/h1-12,25H;1H. The molecule has 0 aliphatic heterocycles. The van der Waals surface area contributed by atoms with Gasteiger partial charge < -0.3 is 5.11 Å². The van der Waals surface area contributed by atoms with E-state index in [1.165, 1.54) is 0 Å². The molecule has 0 aliphatic carbocycles. The van der Waals surface area contributed by atoms with Gasteiger partial charge in [-0.25, -0.2) is 4.98 Å². The number of pyridine rings is 1. The minimum atomic E-state index is 0. The van der Waals surface area contributed by atoms with Gasteiger partial charge in [-0.2, -0.15) is 0 Å². The average molecular weight is 403 g/mol. The molecule has 4 rings (SSSR count). The van der Waals surface area contributed by atoms with E-state index < -0.39 is 0 Å². The molecular weight excluding hydrogens is 389 g/mol. The number of aromatic hydroxyl groups is 1. The molecule has 0 amide bonds. The van der Waals surface area contributed by atoms with Crippen molar-refractivity contribution < 1.29 is 5.11 Å². The number of halogens is 3. The molecule has 1 aromatic heterocycles. The first-order valence-electron chi connectivity index (χ1n) is 7.76. The molecular formula is C21H14Cl3NO. The minimum Gasteiger partial charge on any atom is -0.508 e. The lowest BCUT2D eigenvalue weighted by molar-refractivity contribution is 0.475. The van der Waals surface area contributed by atoms with E-state index >= 15 is 0 Å². The van der Waals surface area contributed by atoms with Crippen molar-refractivity contribution in [1.29, 1.82) is 0 Å². The van der Waals surface area contributed by atoms with Gasteiger partial charge >= 0.3 is 0 Å². The number of phenolic OH excluding ortho intramolecular Hbond substituents is 1. The van der Waals surface area contributed by atoms with Crippen molar-refractivity contribution in [2.45, 2.75) is 0 Å². The Labute approximate surface area is 167 Å². The third-order valence-corrected chi connectivity index (χ3v) is 4.66. The summed E-state index contributed by atoms with van der Waals surface area (Å²) in [5, 5.41) is 11.8. The molecule has 0 saturated heterocycles. The highest BCUT2D eigenvalue weighted by Crippen LogP contribution is 2.36. The number of rotatable bonds is 2. The lowest BCUT2D eigenvalue weighted by Crippen LogP contribution is -1.90. The number of nitrogens with zero attached hydrogens (tertiary/aromatic N) is 1. The van der Waals surface area contributed by atoms with E-state index in [-0.39, 0.29) is 18.2 Å². The molecule has 1 heterocycles. The molecule has 4 aromatic rings. The maximum atomic E-state index is 9.52. The zero-order valence-corrected chi connectivity index (χ0v) is 15.8. The van der Waals surface area contributed by atoms with E-state index in [0.717, 1.165) is 33.3 Å². The molecule has 5 heteroatoms. The van der Waals surface area contributed by atoms with Gasteiger partial charge in [0.1, 0.15) is 5.75 Å². The van der Waals surface area contributed by atoms with Crippen molar-refractivity contribution in [3.05, 3.63) is 82.8 Å². The number of benzene rings is 3. The summed E-state index contributed by atoms with van der Waals surface area (Å²) >= 11 is 12.6. The van der Waals surface area contributed by atoms with Crippen LogP contribution in [-0.4, -0.2) is 10.1 Å². The van der Waals surface area contributed by atoms with Gasteiger partial charge in [0.2, 0.25) is 0 Å². The van der Waals surface area contributed by atoms with Gasteiger partial charge in [-0.1, -0.05) is 41.4 Å². The van der Waals surface area contributed by atoms with Crippen molar-refractivity contribution in [2.24, 2.45) is 0 Å². The van der Waals surface area contributed by atoms with Gasteiger partial charge in [-0.05, 0) is 60.2 Å². The van der Waals surface area contributed by atoms with E-state index in [1.807, 2.05) is 60.7 Å². The molecule has 0 spiro atoms. The van der Waals surface area contributed by atoms with Crippen molar-refractivity contribution in [3.63, 3.8) is 0 Å². The highest BCUT2D eigenvalue weighted by atomic mass is 35.5. The molecule has 0 saturated carbocycles. The van der Waals surface area contributed by atoms with Crippen LogP contribution in [0.3, 0.4) is 0 Å². The van der Waals surface area contributed by atoms with Crippen molar-refractivity contribution in [2.75, 3.05) is 0 Å². The number of phenols is 1. The molecule has 0 atom stereocenters. The highest BCUT2D eigenvalue weighted by Gasteiger charge is 2.12. The summed E-state index contributed by atoms with van der Waals surface area (Å²) in [6, 6.07) is 22.3. The predicted octanol–water partition coefficient (Wildman–Crippen LogP) is 7.00. The summed E-state index contributed by atoms with van der Waals surface area (Å²) in [6.45, 7) is 0. The Hall–Kier alpha value is -2.26. The summed E-state index contributed by atoms with van der Waals surface area (Å²) in [5.41, 5.74) is 4.47. The van der Waals surface area contributed by atoms with Crippen LogP contribution in [0.25, 0.3) is 33.3 Å². The monoisotopic (exact) mass is 401 g/mol. The van der Waals surface area contributed by atoms with Gasteiger partial charge in [0.05, 0.1) is 11.2 Å². The third-order valence-electron chi connectivity index (χ3n) is 4.10. The fourth-order valence-corrected chi connectivity index (χ4v) is 3.29. The zero-order valence-electron chi connectivity index (χ0n) is 13.5. The van der Waals surface area contributed by atoms with Crippen LogP contribution in [0.5, 0.6) is 5.75 Å². The Balaban J connectivity index is 0.00000196. The van der Waals surface area contributed by atoms with Crippen molar-refractivity contribution in [3.8, 4) is 28.1 Å². The first-order chi connectivity index (χ1) is 12.1. The maximum absolute atomic E-state index is 9.52. The van der Waals surface area contributed by atoms with Crippen LogP contribution in [0.2, 0.25) is 10.0 Å². The summed E-state index contributed by atoms with van der Waals surface area (Å²) in [7, 11) is 0. The second kappa shape index (κ2) is 7.55. The largest absolute Gasteiger partial charge is 0.508 e. The first-order valence-corrected chi connectivity index (χ1v) is 8.52. The van der Waals surface area contributed by atoms with Crippen LogP contribution in [-0.2, 0) is 0 Å². The fourth-order valence-electron chi connectivity index (χ4n) is 2.88. The SMILES string of the molecule is Cl.Oc1ccc(-c2cc(-c3ccccc3Cl)c3cc(Cl)ccc3n2)cc1. The van der Waals surface area contributed by atoms with E-state index in [4.69, 9.17) is 28.2 Å². The Morgan fingerprint density at radius 1 is 0.769 bits per heavy atom. The van der Waals surface area contributed by atoms with E-state index in [9.17, 15) is 5.11 Å². The van der Waals surface area contributed by atoms with Crippen LogP contribution in [0, 0.1) is 0 Å². The minimum absolute atomic E-state index is 0. The first kappa shape index (κ1) is 18.5. The average Bonchev–Trinajstić information content (AvgIpc) is 2.62. The van der Waals surface area contributed by atoms with Crippen molar-refractivity contribution >= 4 is 46.5 Å². The topological polar surface area (TPSA) is 33.1 Å². The molecule has 26 heavy (non-hydrogen) atoms. The van der Waals surface area contributed by atoms with Crippen LogP contribution in [0.4, 0.5) is 0 Å². The van der Waals surface area contributed by atoms with Gasteiger partial charge in [-0.15, -0.1) is 12.4 Å². The van der Waals surface area contributed by atoms with Gasteiger partial charge in [0, 0.05) is 26.6 Å². The van der Waals surface area contributed by atoms with Gasteiger partial charge in [-0.3, -0.25) is 0 Å². The summed E-state index contributed by atoms with van der Waals surface area (Å²) in [6.07, 6.45) is 0. The Morgan fingerprint density at radius 3 is 2.23 bits per heavy atom. The lowest BCUT2D eigenvalue weighted by atomic mass is 9.98. The Morgan fingerprint density at radius 2 is 1.50 bits per heavy atom. The molecule has 0 fully saturated rings. The molecule has 0 radical (unpaired) electrons. The highest BCUT2D eigenvalue weighted by molar-refractivity contribution is 6.34. The molecule has 130 valence electrons. The number of hydrogen-bond acceptors (Lipinski definition) is 2. The third kappa shape index (κ3) is 3.49. The van der Waals surface area contributed by atoms with Crippen LogP contribution in [0.1, 0.15) is 0 Å². The predicted molar refractivity (Wildman–Crippen MR) is 112 cm³/mol. The van der Waals surface area contributed by atoms with Crippen molar-refractivity contribution in [1.82, 2.24) is 4.98 Å². The summed E-state index contributed by atoms with van der Waals surface area (Å²) in [5.74, 6) is 0.225. The van der Waals surface area contributed by atoms with E-state index in [0.29, 0.717) is 10.0 Å². The summed E-state index contributed by atoms with van der Waals surface area (Å²) in [4.78, 5) is 4.75. The second-order valence-electron chi connectivity index (χ2n) is 5.74. The van der Waals surface area contributed by atoms with E-state index in [2.05, 4.69) is 0 Å². The summed E-state index contributed by atoms with van der Waals surface area (Å²) < 4.78 is 0. The molecule has 0 aliphatic rings. The Kier molecular flexibility index (Phi) is 5.38. The molecule has 0 bridgehead atoms. The fraction of sp³-hybridized carbons (Fsp3) is 0. The van der Waals surface area contributed by atoms with Crippen LogP contribution >= 0.6 is 35.6 Å². The molecule has 2 nitrogen and oxygen atoms in total. The van der Waals surface area contributed by atoms with Gasteiger partial charge in [0.25, 0.3) is 0 Å². The maximum Gasteiger partial charge on any atom is 0.115 e. The van der Waals surface area contributed by atoms with E-state index in [1.54, 1.807) is 12.1 Å². The zero-order chi connectivity index (χ0) is 17.4. The van der Waals surface area contributed by atoms with Gasteiger partial charge in [0.15, 0.2) is 0 Å². The quantitative estimate of drug-likeness (QED) is 0.391. The second-order valence-corrected chi connectivity index (χ2v) is 6.59. The number of hydrogen-bond donors (Lipinski definition) is 1. The smallest absolute Gasteiger partial charge is 0.115 e. The molecule has 0 unspecified atom stereocenters.